The van der Waals surface area contributed by atoms with E-state index in [1.54, 1.807) is 12.1 Å². The highest BCUT2D eigenvalue weighted by Gasteiger charge is 2.37. The third-order valence-corrected chi connectivity index (χ3v) is 4.47. The molecule has 23 heavy (non-hydrogen) atoms. The number of thiocarbonyl (C=S) groups is 1. The molecule has 3 N–H and O–H groups in total. The van der Waals surface area contributed by atoms with Crippen molar-refractivity contribution in [2.24, 2.45) is 0 Å². The van der Waals surface area contributed by atoms with Crippen molar-refractivity contribution in [1.29, 1.82) is 0 Å². The highest BCUT2D eigenvalue weighted by atomic mass is 35.5. The fourth-order valence-electron chi connectivity index (χ4n) is 3.36. The van der Waals surface area contributed by atoms with Gasteiger partial charge in [-0.2, -0.15) is 0 Å². The van der Waals surface area contributed by atoms with E-state index in [0.717, 1.165) is 18.5 Å². The monoisotopic (exact) mass is 395 g/mol. The van der Waals surface area contributed by atoms with E-state index in [0.29, 0.717) is 21.2 Å². The van der Waals surface area contributed by atoms with Crippen LogP contribution in [0.15, 0.2) is 18.2 Å². The number of piperidine rings is 1. The maximum Gasteiger partial charge on any atom is 0.171 e. The summed E-state index contributed by atoms with van der Waals surface area (Å²) in [6.07, 6.45) is 2.01. The van der Waals surface area contributed by atoms with Crippen molar-refractivity contribution in [3.05, 3.63) is 28.2 Å². The Balaban J connectivity index is 0.00000264. The molecule has 0 bridgehead atoms. The molecule has 1 aliphatic rings. The molecule has 0 aromatic heterocycles. The molecule has 2 rings (SSSR count). The number of hydrogen-bond acceptors (Lipinski definition) is 2. The summed E-state index contributed by atoms with van der Waals surface area (Å²) in [6.45, 7) is 8.87. The summed E-state index contributed by atoms with van der Waals surface area (Å²) in [6, 6.07) is 5.63. The van der Waals surface area contributed by atoms with E-state index < -0.39 is 0 Å². The minimum absolute atomic E-state index is 0. The Labute approximate surface area is 160 Å². The molecule has 0 spiro atoms. The first kappa shape index (κ1) is 20.8. The van der Waals surface area contributed by atoms with E-state index in [2.05, 4.69) is 43.6 Å². The molecule has 7 heteroatoms. The fourth-order valence-corrected chi connectivity index (χ4v) is 4.09. The molecule has 0 atom stereocenters. The Bertz CT molecular complexity index is 560. The van der Waals surface area contributed by atoms with Crippen LogP contribution in [0.1, 0.15) is 40.5 Å². The molecule has 1 aliphatic heterocycles. The zero-order valence-electron chi connectivity index (χ0n) is 13.8. The third kappa shape index (κ3) is 6.28. The Morgan fingerprint density at radius 3 is 2.26 bits per heavy atom. The van der Waals surface area contributed by atoms with Crippen LogP contribution in [0.5, 0.6) is 0 Å². The van der Waals surface area contributed by atoms with Crippen LogP contribution in [0.3, 0.4) is 0 Å². The van der Waals surface area contributed by atoms with Crippen molar-refractivity contribution in [2.75, 3.05) is 5.32 Å². The standard InChI is InChI=1S/C16H23Cl2N3S.ClH/c1-15(2)8-11(9-16(3,4)21-15)19-14(22)20-13-6-5-10(17)7-12(13)18;/h5-7,11,21H,8-9H2,1-4H3,(H2,19,20,22);1H. The minimum atomic E-state index is 0. The summed E-state index contributed by atoms with van der Waals surface area (Å²) in [5.74, 6) is 0. The summed E-state index contributed by atoms with van der Waals surface area (Å²) in [5.41, 5.74) is 0.913. The minimum Gasteiger partial charge on any atom is -0.360 e. The Morgan fingerprint density at radius 1 is 1.17 bits per heavy atom. The number of anilines is 1. The maximum absolute atomic E-state index is 6.16. The molecular formula is C16H24Cl3N3S. The summed E-state index contributed by atoms with van der Waals surface area (Å²) < 4.78 is 0. The van der Waals surface area contributed by atoms with E-state index in [1.807, 2.05) is 6.07 Å². The lowest BCUT2D eigenvalue weighted by atomic mass is 9.80. The summed E-state index contributed by atoms with van der Waals surface area (Å²) in [7, 11) is 0. The van der Waals surface area contributed by atoms with Gasteiger partial charge in [-0.15, -0.1) is 12.4 Å². The molecule has 1 heterocycles. The van der Waals surface area contributed by atoms with Crippen LogP contribution in [0, 0.1) is 0 Å². The molecule has 3 nitrogen and oxygen atoms in total. The van der Waals surface area contributed by atoms with Crippen LogP contribution in [0.25, 0.3) is 0 Å². The van der Waals surface area contributed by atoms with Gasteiger partial charge in [0.15, 0.2) is 5.11 Å². The van der Waals surface area contributed by atoms with Crippen LogP contribution < -0.4 is 16.0 Å². The molecule has 0 saturated carbocycles. The Hall–Kier alpha value is -0.260. The van der Waals surface area contributed by atoms with Crippen molar-refractivity contribution in [3.8, 4) is 0 Å². The van der Waals surface area contributed by atoms with Gasteiger partial charge < -0.3 is 16.0 Å². The van der Waals surface area contributed by atoms with Crippen molar-refractivity contribution in [1.82, 2.24) is 10.6 Å². The average molecular weight is 397 g/mol. The Kier molecular flexibility index (Phi) is 7.00. The first-order valence-electron chi connectivity index (χ1n) is 7.38. The van der Waals surface area contributed by atoms with Gasteiger partial charge in [-0.1, -0.05) is 23.2 Å². The molecule has 0 aliphatic carbocycles. The van der Waals surface area contributed by atoms with Gasteiger partial charge in [-0.3, -0.25) is 0 Å². The number of halogens is 3. The fraction of sp³-hybridized carbons (Fsp3) is 0.562. The van der Waals surface area contributed by atoms with E-state index in [4.69, 9.17) is 35.4 Å². The molecule has 1 aromatic rings. The smallest absolute Gasteiger partial charge is 0.171 e. The van der Waals surface area contributed by atoms with Crippen LogP contribution in [0.2, 0.25) is 10.0 Å². The zero-order chi connectivity index (χ0) is 16.5. The Morgan fingerprint density at radius 2 is 1.74 bits per heavy atom. The lowest BCUT2D eigenvalue weighted by Gasteiger charge is -2.46. The molecule has 0 radical (unpaired) electrons. The van der Waals surface area contributed by atoms with Crippen molar-refractivity contribution < 1.29 is 0 Å². The quantitative estimate of drug-likeness (QED) is 0.614. The highest BCUT2D eigenvalue weighted by molar-refractivity contribution is 7.80. The van der Waals surface area contributed by atoms with Gasteiger partial charge in [-0.25, -0.2) is 0 Å². The van der Waals surface area contributed by atoms with Gasteiger partial charge in [0.1, 0.15) is 0 Å². The van der Waals surface area contributed by atoms with Crippen LogP contribution >= 0.6 is 47.8 Å². The lowest BCUT2D eigenvalue weighted by Crippen LogP contribution is -2.62. The van der Waals surface area contributed by atoms with Gasteiger partial charge in [-0.05, 0) is 71.0 Å². The molecule has 1 fully saturated rings. The van der Waals surface area contributed by atoms with Gasteiger partial charge >= 0.3 is 0 Å². The van der Waals surface area contributed by atoms with E-state index in [-0.39, 0.29) is 23.5 Å². The van der Waals surface area contributed by atoms with Crippen LogP contribution in [0.4, 0.5) is 5.69 Å². The molecule has 1 saturated heterocycles. The number of rotatable bonds is 2. The second-order valence-corrected chi connectivity index (χ2v) is 8.47. The van der Waals surface area contributed by atoms with E-state index in [1.165, 1.54) is 0 Å². The first-order chi connectivity index (χ1) is 10.1. The van der Waals surface area contributed by atoms with Crippen molar-refractivity contribution in [3.63, 3.8) is 0 Å². The molecule has 1 aromatic carbocycles. The van der Waals surface area contributed by atoms with Crippen molar-refractivity contribution >= 4 is 58.6 Å². The highest BCUT2D eigenvalue weighted by Crippen LogP contribution is 2.29. The number of benzene rings is 1. The zero-order valence-corrected chi connectivity index (χ0v) is 16.9. The second-order valence-electron chi connectivity index (χ2n) is 7.22. The topological polar surface area (TPSA) is 36.1 Å². The van der Waals surface area contributed by atoms with Gasteiger partial charge in [0.25, 0.3) is 0 Å². The molecule has 0 unspecified atom stereocenters. The van der Waals surface area contributed by atoms with Gasteiger partial charge in [0.2, 0.25) is 0 Å². The number of nitrogens with one attached hydrogen (secondary N) is 3. The summed E-state index contributed by atoms with van der Waals surface area (Å²) in [4.78, 5) is 0. The first-order valence-corrected chi connectivity index (χ1v) is 8.55. The van der Waals surface area contributed by atoms with Gasteiger partial charge in [0.05, 0.1) is 10.7 Å². The second kappa shape index (κ2) is 7.75. The predicted molar refractivity (Wildman–Crippen MR) is 107 cm³/mol. The van der Waals surface area contributed by atoms with Crippen molar-refractivity contribution in [2.45, 2.75) is 57.7 Å². The van der Waals surface area contributed by atoms with Gasteiger partial charge in [0, 0.05) is 22.1 Å². The SMILES string of the molecule is CC1(C)CC(NC(=S)Nc2ccc(Cl)cc2Cl)CC(C)(C)N1.Cl. The maximum atomic E-state index is 6.16. The predicted octanol–water partition coefficient (Wildman–Crippen LogP) is 5.01. The molecule has 0 amide bonds. The van der Waals surface area contributed by atoms with Crippen LogP contribution in [-0.4, -0.2) is 22.2 Å². The molecule has 130 valence electrons. The van der Waals surface area contributed by atoms with Crippen LogP contribution in [-0.2, 0) is 0 Å². The van der Waals surface area contributed by atoms with E-state index in [9.17, 15) is 0 Å². The largest absolute Gasteiger partial charge is 0.360 e. The summed E-state index contributed by atoms with van der Waals surface area (Å²) in [5, 5.41) is 12.0. The average Bonchev–Trinajstić information content (AvgIpc) is 2.28. The molecular weight excluding hydrogens is 373 g/mol. The lowest BCUT2D eigenvalue weighted by molar-refractivity contribution is 0.156. The van der Waals surface area contributed by atoms with E-state index >= 15 is 0 Å². The number of hydrogen-bond donors (Lipinski definition) is 3. The normalized spacial score (nSPS) is 19.6. The summed E-state index contributed by atoms with van der Waals surface area (Å²) >= 11 is 17.5. The third-order valence-electron chi connectivity index (χ3n) is 3.70.